The van der Waals surface area contributed by atoms with E-state index in [0.29, 0.717) is 0 Å². The van der Waals surface area contributed by atoms with E-state index in [-0.39, 0.29) is 24.4 Å². The maximum atomic E-state index is 14.2. The Balaban J connectivity index is 0.00000326. The van der Waals surface area contributed by atoms with Gasteiger partial charge in [-0.3, -0.25) is 15.5 Å². The number of nitro benzene ring substituents is 1. The zero-order chi connectivity index (χ0) is 21.4. The second-order valence-electron chi connectivity index (χ2n) is 6.24. The fourth-order valence-corrected chi connectivity index (χ4v) is 1.92. The van der Waals surface area contributed by atoms with Crippen LogP contribution in [0.2, 0.25) is 0 Å². The third kappa shape index (κ3) is 7.10. The zero-order valence-electron chi connectivity index (χ0n) is 16.1. The molecule has 0 spiro atoms. The van der Waals surface area contributed by atoms with Crippen LogP contribution in [0.5, 0.6) is 0 Å². The van der Waals surface area contributed by atoms with E-state index < -0.39 is 33.8 Å². The number of amides is 1. The number of rotatable bonds is 6. The molecule has 0 radical (unpaired) electrons. The zero-order valence-corrected chi connectivity index (χ0v) is 16.1. The molecule has 1 amide bonds. The van der Waals surface area contributed by atoms with Gasteiger partial charge in [0, 0.05) is 18.2 Å². The summed E-state index contributed by atoms with van der Waals surface area (Å²) in [4.78, 5) is 23.2. The number of halogens is 1. The molecular weight excluding hydrogens is 357 g/mol. The summed E-state index contributed by atoms with van der Waals surface area (Å²) < 4.78 is 19.4. The number of nitrogens with one attached hydrogen (secondary N) is 2. The molecule has 0 aliphatic heterocycles. The van der Waals surface area contributed by atoms with Crippen LogP contribution in [0.3, 0.4) is 0 Å². The molecule has 150 valence electrons. The average molecular weight is 383 g/mol. The molecule has 0 atom stereocenters. The molecule has 10 heteroatoms. The van der Waals surface area contributed by atoms with Crippen molar-refractivity contribution >= 4 is 23.2 Å². The highest BCUT2D eigenvalue weighted by Gasteiger charge is 2.25. The Hall–Kier alpha value is -2.88. The van der Waals surface area contributed by atoms with Gasteiger partial charge >= 0.3 is 11.8 Å². The molecule has 0 aliphatic carbocycles. The van der Waals surface area contributed by atoms with Gasteiger partial charge in [0.2, 0.25) is 5.82 Å². The Morgan fingerprint density at radius 2 is 1.89 bits per heavy atom. The Bertz CT molecular complexity index is 716. The Morgan fingerprint density at radius 1 is 1.33 bits per heavy atom. The lowest BCUT2D eigenvalue weighted by Crippen LogP contribution is -2.41. The topological polar surface area (TPSA) is 146 Å². The van der Waals surface area contributed by atoms with Crippen molar-refractivity contribution in [1.29, 1.82) is 10.8 Å². The first kappa shape index (κ1) is 24.1. The van der Waals surface area contributed by atoms with Gasteiger partial charge in [0.05, 0.1) is 22.9 Å². The minimum atomic E-state index is -1.18. The molecule has 4 N–H and O–H groups in total. The van der Waals surface area contributed by atoms with Gasteiger partial charge < -0.3 is 20.8 Å². The van der Waals surface area contributed by atoms with E-state index in [1.807, 2.05) is 0 Å². The van der Waals surface area contributed by atoms with Gasteiger partial charge in [0.25, 0.3) is 0 Å². The summed E-state index contributed by atoms with van der Waals surface area (Å²) >= 11 is 0. The van der Waals surface area contributed by atoms with Crippen molar-refractivity contribution in [3.05, 3.63) is 39.7 Å². The van der Waals surface area contributed by atoms with Crippen molar-refractivity contribution in [3.63, 3.8) is 0 Å². The van der Waals surface area contributed by atoms with Crippen molar-refractivity contribution < 1.29 is 18.8 Å². The molecule has 0 aliphatic rings. The lowest BCUT2D eigenvalue weighted by atomic mass is 10.0. The highest BCUT2D eigenvalue weighted by Crippen LogP contribution is 2.21. The van der Waals surface area contributed by atoms with Crippen LogP contribution in [0.25, 0.3) is 0 Å². The summed E-state index contributed by atoms with van der Waals surface area (Å²) in [5.41, 5.74) is 1.77. The number of hydrogen-bond donors (Lipinski definition) is 3. The van der Waals surface area contributed by atoms with Gasteiger partial charge in [-0.25, -0.2) is 4.79 Å². The first-order valence-electron chi connectivity index (χ1n) is 8.13. The number of nitro groups is 1. The van der Waals surface area contributed by atoms with Crippen LogP contribution in [0, 0.1) is 26.8 Å². The Labute approximate surface area is 157 Å². The highest BCUT2D eigenvalue weighted by molar-refractivity contribution is 6.47. The molecule has 1 rings (SSSR count). The van der Waals surface area contributed by atoms with E-state index >= 15 is 0 Å². The number of nitrogens with two attached hydrogens (primary N) is 1. The molecule has 0 saturated heterocycles. The number of benzene rings is 1. The minimum Gasteiger partial charge on any atom is -0.444 e. The van der Waals surface area contributed by atoms with Gasteiger partial charge in [0.15, 0.2) is 0 Å². The van der Waals surface area contributed by atoms with E-state index in [2.05, 4.69) is 5.73 Å². The van der Waals surface area contributed by atoms with Gasteiger partial charge in [-0.05, 0) is 40.8 Å². The number of carbonyl (C=O) groups is 1. The van der Waals surface area contributed by atoms with Crippen LogP contribution in [0.4, 0.5) is 14.9 Å². The van der Waals surface area contributed by atoms with E-state index in [1.165, 1.54) is 24.1 Å². The van der Waals surface area contributed by atoms with E-state index in [0.717, 1.165) is 6.07 Å². The van der Waals surface area contributed by atoms with Crippen LogP contribution < -0.4 is 5.73 Å². The lowest BCUT2D eigenvalue weighted by molar-refractivity contribution is -0.387. The number of hydrogen-bond acceptors (Lipinski definition) is 7. The van der Waals surface area contributed by atoms with E-state index in [4.69, 9.17) is 15.6 Å². The molecule has 0 saturated carbocycles. The smallest absolute Gasteiger partial charge is 0.410 e. The van der Waals surface area contributed by atoms with Gasteiger partial charge in [-0.1, -0.05) is 6.07 Å². The van der Waals surface area contributed by atoms with Crippen LogP contribution in [0.15, 0.2) is 18.2 Å². The number of nitrogens with zero attached hydrogens (tertiary/aromatic N) is 2. The fraction of sp³-hybridized carbons (Fsp3) is 0.471. The molecule has 1 aromatic carbocycles. The molecule has 0 bridgehead atoms. The van der Waals surface area contributed by atoms with Gasteiger partial charge in [-0.15, -0.1) is 0 Å². The minimum absolute atomic E-state index is 0.224. The van der Waals surface area contributed by atoms with Crippen molar-refractivity contribution in [2.75, 3.05) is 20.1 Å². The summed E-state index contributed by atoms with van der Waals surface area (Å²) in [6, 6.07) is 3.40. The monoisotopic (exact) mass is 383 g/mol. The summed E-state index contributed by atoms with van der Waals surface area (Å²) in [5.74, 6) is -1.18. The lowest BCUT2D eigenvalue weighted by Gasteiger charge is -2.26. The molecule has 0 unspecified atom stereocenters. The third-order valence-electron chi connectivity index (χ3n) is 3.13. The van der Waals surface area contributed by atoms with Crippen molar-refractivity contribution in [2.24, 2.45) is 5.73 Å². The number of ether oxygens (including phenoxy) is 1. The second kappa shape index (κ2) is 10.3. The Kier molecular flexibility index (Phi) is 9.21. The highest BCUT2D eigenvalue weighted by atomic mass is 19.1. The van der Waals surface area contributed by atoms with Gasteiger partial charge in [0.1, 0.15) is 5.60 Å². The van der Waals surface area contributed by atoms with Crippen LogP contribution in [-0.4, -0.2) is 53.1 Å². The molecule has 0 aromatic heterocycles. The fourth-order valence-electron chi connectivity index (χ4n) is 1.92. The van der Waals surface area contributed by atoms with E-state index in [1.54, 1.807) is 27.7 Å². The molecule has 27 heavy (non-hydrogen) atoms. The number of carbonyl (C=O) groups excluding carboxylic acids is 1. The van der Waals surface area contributed by atoms with Crippen LogP contribution in [0.1, 0.15) is 33.3 Å². The van der Waals surface area contributed by atoms with E-state index in [9.17, 15) is 19.3 Å². The predicted octanol–water partition coefficient (Wildman–Crippen LogP) is 2.95. The summed E-state index contributed by atoms with van der Waals surface area (Å²) in [5, 5.41) is 26.7. The SMILES string of the molecule is CCN(CC(=N)C(=N)c1cccc([N+](=O)[O-])c1F)C(=O)OC(C)(C)C.CN. The normalized spacial score (nSPS) is 10.3. The van der Waals surface area contributed by atoms with Gasteiger partial charge in [-0.2, -0.15) is 4.39 Å². The Morgan fingerprint density at radius 3 is 2.33 bits per heavy atom. The molecule has 9 nitrogen and oxygen atoms in total. The average Bonchev–Trinajstić information content (AvgIpc) is 2.58. The maximum absolute atomic E-state index is 14.2. The standard InChI is InChI=1S/C16H21FN4O4.CH5N/c1-5-20(15(22)25-16(2,3)4)9-11(18)14(19)10-7-6-8-12(13(10)17)21(23)24;1-2/h6-8,18-19H,5,9H2,1-4H3;2H2,1H3. The quantitative estimate of drug-likeness (QED) is 0.392. The van der Waals surface area contributed by atoms with Crippen molar-refractivity contribution in [3.8, 4) is 0 Å². The first-order chi connectivity index (χ1) is 12.5. The summed E-state index contributed by atoms with van der Waals surface area (Å²) in [7, 11) is 1.50. The van der Waals surface area contributed by atoms with Crippen LogP contribution in [-0.2, 0) is 4.74 Å². The summed E-state index contributed by atoms with van der Waals surface area (Å²) in [6.45, 7) is 6.73. The largest absolute Gasteiger partial charge is 0.444 e. The predicted molar refractivity (Wildman–Crippen MR) is 101 cm³/mol. The molecule has 0 fully saturated rings. The third-order valence-corrected chi connectivity index (χ3v) is 3.13. The first-order valence-corrected chi connectivity index (χ1v) is 8.13. The second-order valence-corrected chi connectivity index (χ2v) is 6.24. The maximum Gasteiger partial charge on any atom is 0.410 e. The molecular formula is C17H26FN5O4. The molecule has 0 heterocycles. The van der Waals surface area contributed by atoms with Crippen molar-refractivity contribution in [2.45, 2.75) is 33.3 Å². The van der Waals surface area contributed by atoms with Crippen LogP contribution >= 0.6 is 0 Å². The molecule has 1 aromatic rings. The van der Waals surface area contributed by atoms with Crippen molar-refractivity contribution in [1.82, 2.24) is 4.90 Å². The summed E-state index contributed by atoms with van der Waals surface area (Å²) in [6.07, 6.45) is -0.660.